The molecule has 44 heavy (non-hydrogen) atoms. The van der Waals surface area contributed by atoms with Gasteiger partial charge >= 0.3 is 7.82 Å². The standard InChI is InChI=1S/C38H79N.H3O4P/c1-4-7-10-13-16-17-18-19-20-21-22-23-24-25-26-27-28-29-32-35-38-39(36-33-30-14-11-8-5-2)37-34-31-15-12-9-6-3;1-5(2,3)4/h4-38H2,1-3H3;(H3,1,2,3,4). The highest BCUT2D eigenvalue weighted by Gasteiger charge is 2.05. The Morgan fingerprint density at radius 2 is 0.455 bits per heavy atom. The van der Waals surface area contributed by atoms with Crippen molar-refractivity contribution in [3.8, 4) is 0 Å². The van der Waals surface area contributed by atoms with Crippen LogP contribution in [0.25, 0.3) is 0 Å². The van der Waals surface area contributed by atoms with Gasteiger partial charge in [-0.15, -0.1) is 0 Å². The summed E-state index contributed by atoms with van der Waals surface area (Å²) in [4.78, 5) is 24.4. The highest BCUT2D eigenvalue weighted by molar-refractivity contribution is 7.45. The molecule has 0 aromatic heterocycles. The predicted molar refractivity (Wildman–Crippen MR) is 195 cm³/mol. The molecule has 0 amide bonds. The predicted octanol–water partition coefficient (Wildman–Crippen LogP) is 12.9. The molecule has 0 saturated heterocycles. The summed E-state index contributed by atoms with van der Waals surface area (Å²) < 4.78 is 8.88. The van der Waals surface area contributed by atoms with Gasteiger partial charge < -0.3 is 19.6 Å². The Kier molecular flexibility index (Phi) is 41.2. The van der Waals surface area contributed by atoms with Gasteiger partial charge in [-0.1, -0.05) is 207 Å². The number of rotatable bonds is 35. The van der Waals surface area contributed by atoms with Crippen molar-refractivity contribution in [1.29, 1.82) is 0 Å². The largest absolute Gasteiger partial charge is 0.466 e. The topological polar surface area (TPSA) is 81.0 Å². The smallest absolute Gasteiger partial charge is 0.303 e. The van der Waals surface area contributed by atoms with E-state index in [1.807, 2.05) is 0 Å². The average molecular weight is 648 g/mol. The molecule has 0 heterocycles. The minimum absolute atomic E-state index is 1.36. The summed E-state index contributed by atoms with van der Waals surface area (Å²) in [5.41, 5.74) is 0. The fourth-order valence-corrected chi connectivity index (χ4v) is 6.16. The first-order chi connectivity index (χ1) is 21.3. The van der Waals surface area contributed by atoms with Crippen molar-refractivity contribution in [3.05, 3.63) is 0 Å². The third-order valence-electron chi connectivity index (χ3n) is 8.98. The van der Waals surface area contributed by atoms with Crippen molar-refractivity contribution in [2.75, 3.05) is 19.6 Å². The van der Waals surface area contributed by atoms with Crippen LogP contribution >= 0.6 is 7.82 Å². The Labute approximate surface area is 277 Å². The van der Waals surface area contributed by atoms with E-state index in [1.165, 1.54) is 225 Å². The molecule has 0 aliphatic carbocycles. The second kappa shape index (κ2) is 39.2. The van der Waals surface area contributed by atoms with E-state index in [-0.39, 0.29) is 0 Å². The molecule has 5 nitrogen and oxygen atoms in total. The third-order valence-corrected chi connectivity index (χ3v) is 8.98. The Hall–Kier alpha value is 0.0700. The maximum Gasteiger partial charge on any atom is 0.466 e. The molecule has 0 atom stereocenters. The Balaban J connectivity index is 0. The van der Waals surface area contributed by atoms with E-state index in [2.05, 4.69) is 25.7 Å². The van der Waals surface area contributed by atoms with Crippen LogP contribution in [0.5, 0.6) is 0 Å². The average Bonchev–Trinajstić information content (AvgIpc) is 2.98. The number of hydrogen-bond donors (Lipinski definition) is 3. The zero-order valence-electron chi connectivity index (χ0n) is 30.4. The summed E-state index contributed by atoms with van der Waals surface area (Å²) in [5.74, 6) is 0. The lowest BCUT2D eigenvalue weighted by Crippen LogP contribution is -2.27. The lowest BCUT2D eigenvalue weighted by Gasteiger charge is -2.22. The van der Waals surface area contributed by atoms with Crippen LogP contribution in [-0.2, 0) is 4.57 Å². The van der Waals surface area contributed by atoms with Gasteiger partial charge in [-0.2, -0.15) is 0 Å². The summed E-state index contributed by atoms with van der Waals surface area (Å²) in [6.45, 7) is 11.0. The van der Waals surface area contributed by atoms with E-state index in [9.17, 15) is 0 Å². The van der Waals surface area contributed by atoms with Crippen molar-refractivity contribution >= 4 is 7.82 Å². The van der Waals surface area contributed by atoms with E-state index >= 15 is 0 Å². The minimum Gasteiger partial charge on any atom is -0.303 e. The second-order valence-electron chi connectivity index (χ2n) is 13.6. The van der Waals surface area contributed by atoms with Gasteiger partial charge in [-0.3, -0.25) is 0 Å². The fourth-order valence-electron chi connectivity index (χ4n) is 6.16. The maximum absolute atomic E-state index is 8.88. The molecule has 6 heteroatoms. The molecule has 268 valence electrons. The Morgan fingerprint density at radius 3 is 0.614 bits per heavy atom. The molecule has 0 aliphatic rings. The molecule has 0 radical (unpaired) electrons. The van der Waals surface area contributed by atoms with Crippen LogP contribution in [-0.4, -0.2) is 39.2 Å². The van der Waals surface area contributed by atoms with Crippen LogP contribution in [0.3, 0.4) is 0 Å². The first kappa shape index (κ1) is 46.2. The molecule has 0 saturated carbocycles. The first-order valence-corrected chi connectivity index (χ1v) is 21.4. The monoisotopic (exact) mass is 648 g/mol. The molecule has 0 aromatic rings. The zero-order chi connectivity index (χ0) is 32.8. The van der Waals surface area contributed by atoms with Crippen molar-refractivity contribution in [3.63, 3.8) is 0 Å². The van der Waals surface area contributed by atoms with Crippen LogP contribution in [0.1, 0.15) is 226 Å². The highest BCUT2D eigenvalue weighted by atomic mass is 31.2. The maximum atomic E-state index is 8.88. The van der Waals surface area contributed by atoms with E-state index in [0.29, 0.717) is 0 Å². The van der Waals surface area contributed by atoms with Gasteiger partial charge in [0.1, 0.15) is 0 Å². The van der Waals surface area contributed by atoms with E-state index in [0.717, 1.165) is 0 Å². The fraction of sp³-hybridized carbons (Fsp3) is 1.00. The highest BCUT2D eigenvalue weighted by Crippen LogP contribution is 2.25. The van der Waals surface area contributed by atoms with Crippen molar-refractivity contribution in [1.82, 2.24) is 4.90 Å². The zero-order valence-corrected chi connectivity index (χ0v) is 31.3. The van der Waals surface area contributed by atoms with Crippen molar-refractivity contribution in [2.45, 2.75) is 226 Å². The summed E-state index contributed by atoms with van der Waals surface area (Å²) in [6.07, 6.45) is 46.6. The summed E-state index contributed by atoms with van der Waals surface area (Å²) in [7, 11) is -4.64. The SMILES string of the molecule is CCCCCCCCCCCCCCCCCCCCCCN(CCCCCCCC)CCCCCCCC.O=P(O)(O)O. The second-order valence-corrected chi connectivity index (χ2v) is 14.6. The molecule has 0 fully saturated rings. The molecule has 0 spiro atoms. The van der Waals surface area contributed by atoms with Gasteiger partial charge in [0.25, 0.3) is 0 Å². The van der Waals surface area contributed by atoms with E-state index in [1.54, 1.807) is 0 Å². The molecule has 3 N–H and O–H groups in total. The lowest BCUT2D eigenvalue weighted by molar-refractivity contribution is 0.254. The van der Waals surface area contributed by atoms with Crippen LogP contribution in [0.2, 0.25) is 0 Å². The number of phosphoric acid groups is 1. The number of unbranched alkanes of at least 4 members (excludes halogenated alkanes) is 29. The molecule has 0 bridgehead atoms. The van der Waals surface area contributed by atoms with Crippen molar-refractivity contribution in [2.24, 2.45) is 0 Å². The summed E-state index contributed by atoms with van der Waals surface area (Å²) in [5, 5.41) is 0. The van der Waals surface area contributed by atoms with E-state index < -0.39 is 7.82 Å². The minimum atomic E-state index is -4.64. The molecule has 0 unspecified atom stereocenters. The van der Waals surface area contributed by atoms with Gasteiger partial charge in [-0.05, 0) is 38.9 Å². The van der Waals surface area contributed by atoms with Gasteiger partial charge in [0.15, 0.2) is 0 Å². The van der Waals surface area contributed by atoms with Crippen LogP contribution < -0.4 is 0 Å². The molecule has 0 aliphatic heterocycles. The van der Waals surface area contributed by atoms with E-state index in [4.69, 9.17) is 19.2 Å². The van der Waals surface area contributed by atoms with Crippen LogP contribution in [0.15, 0.2) is 0 Å². The van der Waals surface area contributed by atoms with Gasteiger partial charge in [0.05, 0.1) is 0 Å². The van der Waals surface area contributed by atoms with Gasteiger partial charge in [0, 0.05) is 0 Å². The number of nitrogens with zero attached hydrogens (tertiary/aromatic N) is 1. The van der Waals surface area contributed by atoms with Crippen LogP contribution in [0.4, 0.5) is 0 Å². The quantitative estimate of drug-likeness (QED) is 0.0471. The summed E-state index contributed by atoms with van der Waals surface area (Å²) in [6, 6.07) is 0. The molecule has 0 aromatic carbocycles. The normalized spacial score (nSPS) is 11.7. The van der Waals surface area contributed by atoms with Gasteiger partial charge in [-0.25, -0.2) is 4.57 Å². The Morgan fingerprint density at radius 1 is 0.318 bits per heavy atom. The molecular formula is C38H82NO4P. The third kappa shape index (κ3) is 49.0. The van der Waals surface area contributed by atoms with Crippen molar-refractivity contribution < 1.29 is 19.2 Å². The molecular weight excluding hydrogens is 565 g/mol. The lowest BCUT2D eigenvalue weighted by atomic mass is 10.0. The number of hydrogen-bond acceptors (Lipinski definition) is 2. The Bertz CT molecular complexity index is 533. The first-order valence-electron chi connectivity index (χ1n) is 19.9. The molecule has 0 rings (SSSR count). The van der Waals surface area contributed by atoms with Crippen LogP contribution in [0, 0.1) is 0 Å². The summed E-state index contributed by atoms with van der Waals surface area (Å²) >= 11 is 0. The van der Waals surface area contributed by atoms with Gasteiger partial charge in [0.2, 0.25) is 0 Å².